The van der Waals surface area contributed by atoms with Gasteiger partial charge in [0.05, 0.1) is 23.5 Å². The summed E-state index contributed by atoms with van der Waals surface area (Å²) in [5.41, 5.74) is 3.80. The number of fused-ring (bicyclic) bond motifs is 2. The van der Waals surface area contributed by atoms with Gasteiger partial charge in [-0.3, -0.25) is 9.59 Å². The van der Waals surface area contributed by atoms with Gasteiger partial charge < -0.3 is 15.0 Å². The van der Waals surface area contributed by atoms with Gasteiger partial charge in [0.25, 0.3) is 5.56 Å². The zero-order valence-corrected chi connectivity index (χ0v) is 19.0. The van der Waals surface area contributed by atoms with E-state index in [1.807, 2.05) is 6.07 Å². The molecule has 1 amide bonds. The maximum absolute atomic E-state index is 12.5. The van der Waals surface area contributed by atoms with Crippen LogP contribution in [-0.2, 0) is 28.1 Å². The molecule has 0 bridgehead atoms. The number of aromatic amines is 1. The van der Waals surface area contributed by atoms with E-state index >= 15 is 0 Å². The number of esters is 1. The second-order valence-electron chi connectivity index (χ2n) is 7.35. The summed E-state index contributed by atoms with van der Waals surface area (Å²) < 4.78 is 5.06. The number of carbonyl (C=O) groups excluding carboxylic acids is 2. The Bertz CT molecular complexity index is 1220. The van der Waals surface area contributed by atoms with Crippen molar-refractivity contribution in [2.24, 2.45) is 0 Å². The number of anilines is 1. The average Bonchev–Trinajstić information content (AvgIpc) is 3.32. The first kappa shape index (κ1) is 21.6. The molecule has 0 spiro atoms. The van der Waals surface area contributed by atoms with Gasteiger partial charge >= 0.3 is 5.97 Å². The number of nitrogens with one attached hydrogen (secondary N) is 2. The van der Waals surface area contributed by atoms with Crippen molar-refractivity contribution in [1.29, 1.82) is 0 Å². The Morgan fingerprint density at radius 3 is 2.90 bits per heavy atom. The number of thioether (sulfide) groups is 1. The van der Waals surface area contributed by atoms with Crippen LogP contribution >= 0.6 is 23.1 Å². The fourth-order valence-corrected chi connectivity index (χ4v) is 5.52. The lowest BCUT2D eigenvalue weighted by molar-refractivity contribution is -0.113. The summed E-state index contributed by atoms with van der Waals surface area (Å²) >= 11 is 2.53. The van der Waals surface area contributed by atoms with E-state index in [4.69, 9.17) is 4.74 Å². The highest BCUT2D eigenvalue weighted by atomic mass is 32.2. The number of hydrogen-bond acceptors (Lipinski definition) is 7. The minimum Gasteiger partial charge on any atom is -0.462 e. The molecule has 0 fully saturated rings. The van der Waals surface area contributed by atoms with E-state index in [1.54, 1.807) is 13.8 Å². The molecule has 7 nitrogen and oxygen atoms in total. The molecule has 0 saturated heterocycles. The molecule has 3 aromatic rings. The van der Waals surface area contributed by atoms with Crippen molar-refractivity contribution in [1.82, 2.24) is 9.97 Å². The van der Waals surface area contributed by atoms with Crippen LogP contribution in [0.3, 0.4) is 0 Å². The standard InChI is InChI=1S/C22H23N3O4S2/c1-3-29-22(28)19-12(2)18-20(27)24-16(25-21(18)31-19)10-30-11-17(26)23-15-8-7-13-5-4-6-14(13)9-15/h7-9H,3-6,10-11H2,1-2H3,(H,23,26)(H,24,25,27). The van der Waals surface area contributed by atoms with E-state index in [2.05, 4.69) is 27.4 Å². The molecule has 31 heavy (non-hydrogen) atoms. The molecule has 2 heterocycles. The predicted octanol–water partition coefficient (Wildman–Crippen LogP) is 3.83. The van der Waals surface area contributed by atoms with Crippen LogP contribution in [0.4, 0.5) is 5.69 Å². The molecule has 1 aliphatic rings. The van der Waals surface area contributed by atoms with Crippen molar-refractivity contribution in [2.45, 2.75) is 38.9 Å². The van der Waals surface area contributed by atoms with E-state index in [1.165, 1.54) is 29.3 Å². The van der Waals surface area contributed by atoms with Crippen molar-refractivity contribution in [3.8, 4) is 0 Å². The number of aryl methyl sites for hydroxylation is 3. The molecule has 4 rings (SSSR count). The number of nitrogens with zero attached hydrogens (tertiary/aromatic N) is 1. The Hall–Kier alpha value is -2.65. The first-order valence-corrected chi connectivity index (χ1v) is 12.1. The maximum Gasteiger partial charge on any atom is 0.348 e. The predicted molar refractivity (Wildman–Crippen MR) is 124 cm³/mol. The summed E-state index contributed by atoms with van der Waals surface area (Å²) in [7, 11) is 0. The summed E-state index contributed by atoms with van der Waals surface area (Å²) in [4.78, 5) is 45.0. The Kier molecular flexibility index (Phi) is 6.43. The molecule has 0 atom stereocenters. The minimum atomic E-state index is -0.443. The molecule has 0 unspecified atom stereocenters. The second-order valence-corrected chi connectivity index (χ2v) is 9.33. The Morgan fingerprint density at radius 2 is 2.10 bits per heavy atom. The Balaban J connectivity index is 1.39. The van der Waals surface area contributed by atoms with Gasteiger partial charge in [-0.05, 0) is 61.9 Å². The van der Waals surface area contributed by atoms with Crippen LogP contribution in [-0.4, -0.2) is 34.2 Å². The quantitative estimate of drug-likeness (QED) is 0.523. The minimum absolute atomic E-state index is 0.0945. The molecule has 1 aromatic carbocycles. The summed E-state index contributed by atoms with van der Waals surface area (Å²) in [6, 6.07) is 6.08. The molecule has 0 aliphatic heterocycles. The third-order valence-electron chi connectivity index (χ3n) is 5.16. The molecular formula is C22H23N3O4S2. The molecule has 9 heteroatoms. The highest BCUT2D eigenvalue weighted by Gasteiger charge is 2.20. The molecule has 1 aliphatic carbocycles. The van der Waals surface area contributed by atoms with Crippen molar-refractivity contribution in [3.63, 3.8) is 0 Å². The van der Waals surface area contributed by atoms with E-state index in [-0.39, 0.29) is 23.8 Å². The van der Waals surface area contributed by atoms with Gasteiger partial charge in [0.2, 0.25) is 5.91 Å². The van der Waals surface area contributed by atoms with Gasteiger partial charge in [-0.1, -0.05) is 6.07 Å². The van der Waals surface area contributed by atoms with Gasteiger partial charge in [-0.2, -0.15) is 0 Å². The van der Waals surface area contributed by atoms with Crippen molar-refractivity contribution in [2.75, 3.05) is 17.7 Å². The van der Waals surface area contributed by atoms with Gasteiger partial charge in [0, 0.05) is 5.69 Å². The van der Waals surface area contributed by atoms with Crippen molar-refractivity contribution >= 4 is 50.9 Å². The molecule has 0 saturated carbocycles. The fraction of sp³-hybridized carbons (Fsp3) is 0.364. The van der Waals surface area contributed by atoms with Crippen molar-refractivity contribution < 1.29 is 14.3 Å². The second kappa shape index (κ2) is 9.23. The SMILES string of the molecule is CCOC(=O)c1sc2nc(CSCC(=O)Nc3ccc4c(c3)CCC4)[nH]c(=O)c2c1C. The molecule has 2 N–H and O–H groups in total. The number of benzene rings is 1. The number of amides is 1. The summed E-state index contributed by atoms with van der Waals surface area (Å²) in [6.45, 7) is 3.73. The largest absolute Gasteiger partial charge is 0.462 e. The highest BCUT2D eigenvalue weighted by molar-refractivity contribution is 7.99. The van der Waals surface area contributed by atoms with Crippen LogP contribution in [0.15, 0.2) is 23.0 Å². The maximum atomic E-state index is 12.5. The summed E-state index contributed by atoms with van der Waals surface area (Å²) in [5, 5.41) is 3.35. The number of hydrogen-bond donors (Lipinski definition) is 2. The fourth-order valence-electron chi connectivity index (χ4n) is 3.74. The molecule has 0 radical (unpaired) electrons. The summed E-state index contributed by atoms with van der Waals surface area (Å²) in [6.07, 6.45) is 3.35. The average molecular weight is 458 g/mol. The van der Waals surface area contributed by atoms with E-state index in [9.17, 15) is 14.4 Å². The van der Waals surface area contributed by atoms with E-state index in [0.29, 0.717) is 32.2 Å². The van der Waals surface area contributed by atoms with Crippen LogP contribution in [0, 0.1) is 6.92 Å². The molecule has 2 aromatic heterocycles. The van der Waals surface area contributed by atoms with Gasteiger partial charge in [0.1, 0.15) is 15.5 Å². The topological polar surface area (TPSA) is 101 Å². The monoisotopic (exact) mass is 457 g/mol. The van der Waals surface area contributed by atoms with Crippen LogP contribution in [0.1, 0.15) is 45.5 Å². The van der Waals surface area contributed by atoms with Gasteiger partial charge in [0.15, 0.2) is 0 Å². The van der Waals surface area contributed by atoms with Crippen LogP contribution in [0.2, 0.25) is 0 Å². The lowest BCUT2D eigenvalue weighted by Gasteiger charge is -2.07. The number of rotatable bonds is 7. The number of aromatic nitrogens is 2. The lowest BCUT2D eigenvalue weighted by atomic mass is 10.1. The van der Waals surface area contributed by atoms with Crippen molar-refractivity contribution in [3.05, 3.63) is 55.9 Å². The molecular weight excluding hydrogens is 434 g/mol. The number of carbonyl (C=O) groups is 2. The zero-order valence-electron chi connectivity index (χ0n) is 17.4. The van der Waals surface area contributed by atoms with E-state index in [0.717, 1.165) is 29.9 Å². The first-order valence-electron chi connectivity index (χ1n) is 10.1. The smallest absolute Gasteiger partial charge is 0.348 e. The van der Waals surface area contributed by atoms with Gasteiger partial charge in [-0.25, -0.2) is 9.78 Å². The van der Waals surface area contributed by atoms with Crippen LogP contribution < -0.4 is 10.9 Å². The zero-order chi connectivity index (χ0) is 22.0. The number of ether oxygens (including phenoxy) is 1. The van der Waals surface area contributed by atoms with Crippen LogP contribution in [0.5, 0.6) is 0 Å². The highest BCUT2D eigenvalue weighted by Crippen LogP contribution is 2.28. The third kappa shape index (κ3) is 4.67. The Labute approximate surface area is 187 Å². The number of thiophene rings is 1. The normalized spacial score (nSPS) is 12.7. The Morgan fingerprint density at radius 1 is 1.29 bits per heavy atom. The number of H-pyrrole nitrogens is 1. The van der Waals surface area contributed by atoms with Gasteiger partial charge in [-0.15, -0.1) is 23.1 Å². The van der Waals surface area contributed by atoms with Crippen LogP contribution in [0.25, 0.3) is 10.2 Å². The van der Waals surface area contributed by atoms with E-state index < -0.39 is 5.97 Å². The lowest BCUT2D eigenvalue weighted by Crippen LogP contribution is -2.15. The molecule has 162 valence electrons. The first-order chi connectivity index (χ1) is 15.0. The third-order valence-corrected chi connectivity index (χ3v) is 7.27. The summed E-state index contributed by atoms with van der Waals surface area (Å²) in [5.74, 6) is 0.569.